The zero-order valence-corrected chi connectivity index (χ0v) is 22.6. The summed E-state index contributed by atoms with van der Waals surface area (Å²) in [6, 6.07) is 13.1. The Morgan fingerprint density at radius 2 is 1.68 bits per heavy atom. The summed E-state index contributed by atoms with van der Waals surface area (Å²) in [7, 11) is 0. The number of Topliss-reactive ketones (excluding diaryl/α,β-unsaturated/α-hetero) is 1. The van der Waals surface area contributed by atoms with Gasteiger partial charge in [-0.15, -0.1) is 0 Å². The van der Waals surface area contributed by atoms with Crippen molar-refractivity contribution >= 4 is 40.9 Å². The number of hydrogen-bond donors (Lipinski definition) is 1. The number of ketones is 1. The van der Waals surface area contributed by atoms with Gasteiger partial charge in [-0.25, -0.2) is 8.78 Å². The van der Waals surface area contributed by atoms with E-state index in [0.717, 1.165) is 11.0 Å². The van der Waals surface area contributed by atoms with Crippen molar-refractivity contribution in [3.05, 3.63) is 104 Å². The third-order valence-electron chi connectivity index (χ3n) is 7.06. The van der Waals surface area contributed by atoms with Gasteiger partial charge in [-0.1, -0.05) is 47.5 Å². The Bertz CT molecular complexity index is 1490. The second kappa shape index (κ2) is 10.6. The minimum absolute atomic E-state index is 0.0629. The lowest BCUT2D eigenvalue weighted by molar-refractivity contribution is -0.209. The molecule has 3 aromatic rings. The summed E-state index contributed by atoms with van der Waals surface area (Å²) >= 11 is 12.2. The van der Waals surface area contributed by atoms with Crippen molar-refractivity contribution in [2.24, 2.45) is 0 Å². The summed E-state index contributed by atoms with van der Waals surface area (Å²) in [6.07, 6.45) is -0.606. The highest BCUT2D eigenvalue weighted by Gasteiger charge is 2.58. The molecule has 1 amide bonds. The molecule has 0 radical (unpaired) electrons. The van der Waals surface area contributed by atoms with E-state index in [0.29, 0.717) is 15.6 Å². The molecule has 7 nitrogen and oxygen atoms in total. The van der Waals surface area contributed by atoms with Crippen molar-refractivity contribution in [3.63, 3.8) is 0 Å². The first-order chi connectivity index (χ1) is 18.9. The van der Waals surface area contributed by atoms with Crippen molar-refractivity contribution in [1.29, 1.82) is 0 Å². The van der Waals surface area contributed by atoms with Crippen molar-refractivity contribution in [1.82, 2.24) is 4.90 Å². The number of fused-ring (bicyclic) bond motifs is 1. The van der Waals surface area contributed by atoms with Crippen LogP contribution in [0.3, 0.4) is 0 Å². The molecule has 5 rings (SSSR count). The Balaban J connectivity index is 1.82. The molecule has 3 aromatic carbocycles. The molecule has 2 aliphatic rings. The number of aliphatic carboxylic acids is 1. The average molecular weight is 590 g/mol. The standard InChI is InChI=1S/C29H23Cl2F2NO6/c1-16(35)18-10-22-26(23(32)11-18)29(19-4-8-21(31)9-5-19,40-15-28(33)13-39-14-28)34(27(22)38)24(12-25(36)37)17-2-6-20(30)7-3-17/h2-11,24H,12-15H2,1H3,(H,36,37)/t24?,29-/m1/s1. The van der Waals surface area contributed by atoms with Crippen LogP contribution in [0.15, 0.2) is 60.7 Å². The second-order valence-electron chi connectivity index (χ2n) is 9.86. The maximum Gasteiger partial charge on any atom is 0.305 e. The largest absolute Gasteiger partial charge is 0.481 e. The van der Waals surface area contributed by atoms with Gasteiger partial charge in [-0.05, 0) is 48.9 Å². The molecule has 2 heterocycles. The summed E-state index contributed by atoms with van der Waals surface area (Å²) in [4.78, 5) is 39.7. The van der Waals surface area contributed by atoms with Crippen LogP contribution < -0.4 is 0 Å². The Morgan fingerprint density at radius 3 is 2.20 bits per heavy atom. The third-order valence-corrected chi connectivity index (χ3v) is 7.56. The monoisotopic (exact) mass is 589 g/mol. The molecular weight excluding hydrogens is 567 g/mol. The highest BCUT2D eigenvalue weighted by atomic mass is 35.5. The molecule has 0 spiro atoms. The maximum absolute atomic E-state index is 16.1. The Labute approximate surface area is 238 Å². The van der Waals surface area contributed by atoms with E-state index in [2.05, 4.69) is 0 Å². The number of carbonyl (C=O) groups is 3. The number of ether oxygens (including phenoxy) is 2. The fourth-order valence-corrected chi connectivity index (χ4v) is 5.36. The Morgan fingerprint density at radius 1 is 1.07 bits per heavy atom. The minimum atomic E-state index is -2.13. The van der Waals surface area contributed by atoms with Crippen LogP contribution in [0.25, 0.3) is 0 Å². The smallest absolute Gasteiger partial charge is 0.305 e. The number of carboxylic acid groups (broad SMARTS) is 1. The quantitative estimate of drug-likeness (QED) is 0.309. The van der Waals surface area contributed by atoms with Gasteiger partial charge in [0.15, 0.2) is 11.5 Å². The summed E-state index contributed by atoms with van der Waals surface area (Å²) in [5, 5.41) is 10.6. The third kappa shape index (κ3) is 4.88. The lowest BCUT2D eigenvalue weighted by Gasteiger charge is -2.45. The molecule has 0 saturated carbocycles. The molecule has 0 aromatic heterocycles. The number of hydrogen-bond acceptors (Lipinski definition) is 5. The van der Waals surface area contributed by atoms with Gasteiger partial charge in [0.2, 0.25) is 5.72 Å². The molecule has 1 saturated heterocycles. The number of nitrogens with zero attached hydrogens (tertiary/aromatic N) is 1. The van der Waals surface area contributed by atoms with Crippen LogP contribution in [0, 0.1) is 5.82 Å². The lowest BCUT2D eigenvalue weighted by atomic mass is 9.89. The van der Waals surface area contributed by atoms with Gasteiger partial charge in [0.1, 0.15) is 5.82 Å². The fourth-order valence-electron chi connectivity index (χ4n) is 5.11. The molecule has 208 valence electrons. The first-order valence-corrected chi connectivity index (χ1v) is 13.0. The molecule has 1 N–H and O–H groups in total. The second-order valence-corrected chi connectivity index (χ2v) is 10.7. The van der Waals surface area contributed by atoms with Gasteiger partial charge in [0.05, 0.1) is 43.4 Å². The van der Waals surface area contributed by atoms with Gasteiger partial charge >= 0.3 is 5.97 Å². The van der Waals surface area contributed by atoms with Crippen LogP contribution in [-0.4, -0.2) is 53.2 Å². The Kier molecular flexibility index (Phi) is 7.43. The normalized spacial score (nSPS) is 20.1. The number of benzene rings is 3. The van der Waals surface area contributed by atoms with Crippen LogP contribution >= 0.6 is 23.2 Å². The van der Waals surface area contributed by atoms with Crippen LogP contribution in [-0.2, 0) is 20.0 Å². The van der Waals surface area contributed by atoms with Crippen LogP contribution in [0.5, 0.6) is 0 Å². The predicted octanol–water partition coefficient (Wildman–Crippen LogP) is 5.96. The predicted molar refractivity (Wildman–Crippen MR) is 142 cm³/mol. The van der Waals surface area contributed by atoms with Gasteiger partial charge in [0.25, 0.3) is 5.91 Å². The molecule has 0 aliphatic carbocycles. The Hall–Kier alpha value is -3.37. The van der Waals surface area contributed by atoms with Crippen molar-refractivity contribution in [3.8, 4) is 0 Å². The van der Waals surface area contributed by atoms with Crippen LogP contribution in [0.4, 0.5) is 8.78 Å². The average Bonchev–Trinajstić information content (AvgIpc) is 3.14. The highest BCUT2D eigenvalue weighted by Crippen LogP contribution is 2.52. The van der Waals surface area contributed by atoms with Crippen LogP contribution in [0.2, 0.25) is 10.0 Å². The summed E-state index contributed by atoms with van der Waals surface area (Å²) < 4.78 is 42.8. The number of rotatable bonds is 9. The number of alkyl halides is 1. The van der Waals surface area contributed by atoms with E-state index in [1.807, 2.05) is 0 Å². The van der Waals surface area contributed by atoms with Gasteiger partial charge in [-0.2, -0.15) is 0 Å². The number of carbonyl (C=O) groups excluding carboxylic acids is 2. The topological polar surface area (TPSA) is 93.1 Å². The molecule has 2 aliphatic heterocycles. The molecule has 1 fully saturated rings. The molecule has 40 heavy (non-hydrogen) atoms. The zero-order chi connectivity index (χ0) is 28.8. The summed E-state index contributed by atoms with van der Waals surface area (Å²) in [6.45, 7) is 0.0802. The van der Waals surface area contributed by atoms with Crippen molar-refractivity contribution < 1.29 is 37.7 Å². The van der Waals surface area contributed by atoms with E-state index < -0.39 is 53.9 Å². The van der Waals surface area contributed by atoms with E-state index in [9.17, 15) is 19.5 Å². The molecule has 2 atom stereocenters. The van der Waals surface area contributed by atoms with Crippen LogP contribution in [0.1, 0.15) is 56.8 Å². The molecular formula is C29H23Cl2F2NO6. The van der Waals surface area contributed by atoms with Crippen molar-refractivity contribution in [2.75, 3.05) is 19.8 Å². The molecule has 0 bridgehead atoms. The number of carboxylic acids is 1. The minimum Gasteiger partial charge on any atom is -0.481 e. The van der Waals surface area contributed by atoms with E-state index in [1.165, 1.54) is 49.4 Å². The lowest BCUT2D eigenvalue weighted by Crippen LogP contribution is -2.55. The van der Waals surface area contributed by atoms with Gasteiger partial charge in [-0.3, -0.25) is 19.3 Å². The first kappa shape index (κ1) is 28.2. The first-order valence-electron chi connectivity index (χ1n) is 12.3. The summed E-state index contributed by atoms with van der Waals surface area (Å²) in [5.74, 6) is -3.49. The van der Waals surface area contributed by atoms with E-state index in [1.54, 1.807) is 12.1 Å². The molecule has 1 unspecified atom stereocenters. The zero-order valence-electron chi connectivity index (χ0n) is 21.1. The van der Waals surface area contributed by atoms with Gasteiger partial charge in [0, 0.05) is 21.2 Å². The number of amides is 1. The SMILES string of the molecule is CC(=O)c1cc(F)c2c(c1)C(=O)N(C(CC(=O)O)c1ccc(Cl)cc1)[C@@]2(OCC1(F)COC1)c1ccc(Cl)cc1. The van der Waals surface area contributed by atoms with E-state index in [4.69, 9.17) is 32.7 Å². The van der Waals surface area contributed by atoms with E-state index >= 15 is 8.78 Å². The maximum atomic E-state index is 16.1. The van der Waals surface area contributed by atoms with Gasteiger partial charge < -0.3 is 14.6 Å². The van der Waals surface area contributed by atoms with E-state index in [-0.39, 0.29) is 35.5 Å². The number of halogens is 4. The molecule has 11 heteroatoms. The van der Waals surface area contributed by atoms with Crippen molar-refractivity contribution in [2.45, 2.75) is 30.8 Å². The fraction of sp³-hybridized carbons (Fsp3) is 0.276. The summed E-state index contributed by atoms with van der Waals surface area (Å²) in [5.41, 5.74) is -4.02. The highest BCUT2D eigenvalue weighted by molar-refractivity contribution is 6.30.